The van der Waals surface area contributed by atoms with E-state index in [-0.39, 0.29) is 28.1 Å². The lowest BCUT2D eigenvalue weighted by atomic mass is 9.94. The van der Waals surface area contributed by atoms with Gasteiger partial charge in [0.2, 0.25) is 0 Å². The summed E-state index contributed by atoms with van der Waals surface area (Å²) in [5.74, 6) is -1.56. The van der Waals surface area contributed by atoms with Crippen molar-refractivity contribution in [1.82, 2.24) is 0 Å². The second-order valence-corrected chi connectivity index (χ2v) is 8.05. The fourth-order valence-electron chi connectivity index (χ4n) is 4.17. The third kappa shape index (κ3) is 4.69. The van der Waals surface area contributed by atoms with Crippen LogP contribution in [0.4, 0.5) is 18.9 Å². The number of amides is 1. The SMILES string of the molecule is COc1ccc(C(O)=C2C(=O)C(=O)N(c3cccc(C(F)(F)F)c3)[C@@H]2c2ccc(OC)cc2OC)cc1. The summed E-state index contributed by atoms with van der Waals surface area (Å²) < 4.78 is 56.2. The number of rotatable bonds is 6. The number of hydrogen-bond acceptors (Lipinski definition) is 6. The molecule has 0 spiro atoms. The molecule has 3 aromatic carbocycles. The molecule has 1 aliphatic heterocycles. The smallest absolute Gasteiger partial charge is 0.416 e. The Hall–Kier alpha value is -4.47. The average Bonchev–Trinajstić information content (AvgIpc) is 3.17. The number of nitrogens with zero attached hydrogens (tertiary/aromatic N) is 1. The van der Waals surface area contributed by atoms with E-state index in [2.05, 4.69) is 0 Å². The summed E-state index contributed by atoms with van der Waals surface area (Å²) in [6.45, 7) is 0. The van der Waals surface area contributed by atoms with Gasteiger partial charge in [0.05, 0.1) is 38.5 Å². The van der Waals surface area contributed by atoms with Crippen LogP contribution in [-0.4, -0.2) is 38.1 Å². The van der Waals surface area contributed by atoms with E-state index < -0.39 is 35.2 Å². The quantitative estimate of drug-likeness (QED) is 0.272. The summed E-state index contributed by atoms with van der Waals surface area (Å²) in [5.41, 5.74) is -1.01. The van der Waals surface area contributed by atoms with Gasteiger partial charge >= 0.3 is 6.18 Å². The lowest BCUT2D eigenvalue weighted by Gasteiger charge is -2.27. The first-order valence-corrected chi connectivity index (χ1v) is 10.9. The number of benzene rings is 3. The van der Waals surface area contributed by atoms with Crippen molar-refractivity contribution < 1.29 is 42.1 Å². The van der Waals surface area contributed by atoms with Gasteiger partial charge in [0.1, 0.15) is 23.0 Å². The van der Waals surface area contributed by atoms with E-state index in [0.717, 1.165) is 23.1 Å². The minimum atomic E-state index is -4.68. The number of ether oxygens (including phenoxy) is 3. The Morgan fingerprint density at radius 3 is 2.11 bits per heavy atom. The van der Waals surface area contributed by atoms with Crippen molar-refractivity contribution in [2.45, 2.75) is 12.2 Å². The van der Waals surface area contributed by atoms with Gasteiger partial charge in [-0.1, -0.05) is 6.07 Å². The van der Waals surface area contributed by atoms with E-state index in [9.17, 15) is 27.9 Å². The van der Waals surface area contributed by atoms with E-state index in [0.29, 0.717) is 11.5 Å². The molecule has 1 amide bonds. The fourth-order valence-corrected chi connectivity index (χ4v) is 4.17. The number of hydrogen-bond donors (Lipinski definition) is 1. The van der Waals surface area contributed by atoms with E-state index in [1.54, 1.807) is 18.2 Å². The summed E-state index contributed by atoms with van der Waals surface area (Å²) in [6, 6.07) is 13.5. The summed E-state index contributed by atoms with van der Waals surface area (Å²) in [5, 5.41) is 11.2. The number of aliphatic hydroxyl groups is 1. The molecule has 37 heavy (non-hydrogen) atoms. The van der Waals surface area contributed by atoms with Crippen molar-refractivity contribution in [2.75, 3.05) is 26.2 Å². The second-order valence-electron chi connectivity index (χ2n) is 8.05. The molecule has 0 aromatic heterocycles. The number of carbonyl (C=O) groups excluding carboxylic acids is 2. The van der Waals surface area contributed by atoms with Gasteiger partial charge in [-0.3, -0.25) is 14.5 Å². The molecule has 192 valence electrons. The Balaban J connectivity index is 1.98. The number of halogens is 3. The first-order valence-electron chi connectivity index (χ1n) is 10.9. The molecular weight excluding hydrogens is 491 g/mol. The van der Waals surface area contributed by atoms with Gasteiger partial charge < -0.3 is 19.3 Å². The second kappa shape index (κ2) is 9.88. The summed E-state index contributed by atoms with van der Waals surface area (Å²) in [6.07, 6.45) is -4.68. The number of alkyl halides is 3. The molecule has 1 heterocycles. The van der Waals surface area contributed by atoms with Crippen LogP contribution in [0.2, 0.25) is 0 Å². The molecule has 10 heteroatoms. The van der Waals surface area contributed by atoms with Gasteiger partial charge in [-0.25, -0.2) is 0 Å². The molecule has 1 atom stereocenters. The summed E-state index contributed by atoms with van der Waals surface area (Å²) in [7, 11) is 4.26. The number of ketones is 1. The molecule has 0 bridgehead atoms. The monoisotopic (exact) mass is 513 g/mol. The van der Waals surface area contributed by atoms with Gasteiger partial charge in [0, 0.05) is 22.9 Å². The van der Waals surface area contributed by atoms with E-state index in [4.69, 9.17) is 14.2 Å². The molecule has 3 aromatic rings. The number of Topliss-reactive ketones (excluding diaryl/α,β-unsaturated/α-hetero) is 1. The average molecular weight is 513 g/mol. The van der Waals surface area contributed by atoms with Crippen LogP contribution in [0.1, 0.15) is 22.7 Å². The van der Waals surface area contributed by atoms with E-state index in [1.807, 2.05) is 0 Å². The number of methoxy groups -OCH3 is 3. The number of anilines is 1. The molecule has 1 fully saturated rings. The largest absolute Gasteiger partial charge is 0.507 e. The van der Waals surface area contributed by atoms with Crippen LogP contribution < -0.4 is 19.1 Å². The first-order chi connectivity index (χ1) is 17.6. The third-order valence-corrected chi connectivity index (χ3v) is 5.99. The fraction of sp³-hybridized carbons (Fsp3) is 0.185. The van der Waals surface area contributed by atoms with Gasteiger partial charge in [-0.2, -0.15) is 13.2 Å². The minimum absolute atomic E-state index is 0.173. The highest BCUT2D eigenvalue weighted by Crippen LogP contribution is 2.46. The highest BCUT2D eigenvalue weighted by Gasteiger charge is 2.48. The Labute approximate surface area is 210 Å². The minimum Gasteiger partial charge on any atom is -0.507 e. The molecule has 4 rings (SSSR count). The standard InChI is InChI=1S/C27H22F3NO6/c1-35-18-9-7-15(8-10-18)24(32)22-23(20-12-11-19(36-2)14-21(20)37-3)31(26(34)25(22)33)17-6-4-5-16(13-17)27(28,29)30/h4-14,23,32H,1-3H3/t23-/m1/s1. The highest BCUT2D eigenvalue weighted by atomic mass is 19.4. The number of carbonyl (C=O) groups is 2. The molecule has 7 nitrogen and oxygen atoms in total. The maximum Gasteiger partial charge on any atom is 0.416 e. The Morgan fingerprint density at radius 1 is 0.865 bits per heavy atom. The van der Waals surface area contributed by atoms with Crippen LogP contribution in [0.3, 0.4) is 0 Å². The van der Waals surface area contributed by atoms with Crippen LogP contribution in [0.15, 0.2) is 72.3 Å². The van der Waals surface area contributed by atoms with Gasteiger partial charge in [0.25, 0.3) is 11.7 Å². The maximum atomic E-state index is 13.5. The topological polar surface area (TPSA) is 85.3 Å². The molecule has 0 radical (unpaired) electrons. The number of aliphatic hydroxyl groups excluding tert-OH is 1. The zero-order valence-corrected chi connectivity index (χ0v) is 20.0. The predicted octanol–water partition coefficient (Wildman–Crippen LogP) is 5.36. The van der Waals surface area contributed by atoms with E-state index in [1.165, 1.54) is 51.7 Å². The molecule has 0 aliphatic carbocycles. The zero-order valence-electron chi connectivity index (χ0n) is 20.0. The van der Waals surface area contributed by atoms with Crippen molar-refractivity contribution in [2.24, 2.45) is 0 Å². The lowest BCUT2D eigenvalue weighted by molar-refractivity contribution is -0.137. The Morgan fingerprint density at radius 2 is 1.51 bits per heavy atom. The van der Waals surface area contributed by atoms with Gasteiger partial charge in [0.15, 0.2) is 0 Å². The van der Waals surface area contributed by atoms with Crippen molar-refractivity contribution in [3.63, 3.8) is 0 Å². The Kier molecular flexibility index (Phi) is 6.84. The predicted molar refractivity (Wildman–Crippen MR) is 129 cm³/mol. The zero-order chi connectivity index (χ0) is 26.9. The van der Waals surface area contributed by atoms with Crippen molar-refractivity contribution in [3.05, 3.63) is 89.0 Å². The first kappa shape index (κ1) is 25.6. The van der Waals surface area contributed by atoms with E-state index >= 15 is 0 Å². The molecule has 0 saturated carbocycles. The van der Waals surface area contributed by atoms with Crippen LogP contribution in [0.5, 0.6) is 17.2 Å². The lowest BCUT2D eigenvalue weighted by Crippen LogP contribution is -2.30. The summed E-state index contributed by atoms with van der Waals surface area (Å²) in [4.78, 5) is 27.5. The van der Waals surface area contributed by atoms with Crippen LogP contribution in [0, 0.1) is 0 Å². The normalized spacial score (nSPS) is 17.1. The third-order valence-electron chi connectivity index (χ3n) is 5.99. The molecule has 1 aliphatic rings. The molecule has 0 unspecified atom stereocenters. The van der Waals surface area contributed by atoms with Crippen molar-refractivity contribution >= 4 is 23.1 Å². The molecule has 1 N–H and O–H groups in total. The van der Waals surface area contributed by atoms with Crippen LogP contribution >= 0.6 is 0 Å². The Bertz CT molecular complexity index is 1380. The van der Waals surface area contributed by atoms with Crippen molar-refractivity contribution in [3.8, 4) is 17.2 Å². The molecule has 1 saturated heterocycles. The summed E-state index contributed by atoms with van der Waals surface area (Å²) >= 11 is 0. The highest BCUT2D eigenvalue weighted by molar-refractivity contribution is 6.51. The van der Waals surface area contributed by atoms with Crippen LogP contribution in [-0.2, 0) is 15.8 Å². The van der Waals surface area contributed by atoms with Gasteiger partial charge in [-0.15, -0.1) is 0 Å². The van der Waals surface area contributed by atoms with Gasteiger partial charge in [-0.05, 0) is 54.6 Å². The van der Waals surface area contributed by atoms with Crippen LogP contribution in [0.25, 0.3) is 5.76 Å². The maximum absolute atomic E-state index is 13.5. The molecular formula is C27H22F3NO6. The van der Waals surface area contributed by atoms with Crippen molar-refractivity contribution in [1.29, 1.82) is 0 Å².